The van der Waals surface area contributed by atoms with Crippen LogP contribution >= 0.6 is 0 Å². The Morgan fingerprint density at radius 2 is 1.68 bits per heavy atom. The smallest absolute Gasteiger partial charge is 0.406 e. The van der Waals surface area contributed by atoms with Crippen molar-refractivity contribution in [3.63, 3.8) is 0 Å². The molecular formula is C17H20F3N3O5. The van der Waals surface area contributed by atoms with E-state index in [1.54, 1.807) is 0 Å². The van der Waals surface area contributed by atoms with E-state index in [1.807, 2.05) is 0 Å². The predicted molar refractivity (Wildman–Crippen MR) is 90.8 cm³/mol. The van der Waals surface area contributed by atoms with Gasteiger partial charge in [-0.25, -0.2) is 4.79 Å². The zero-order valence-corrected chi connectivity index (χ0v) is 15.0. The lowest BCUT2D eigenvalue weighted by molar-refractivity contribution is -0.274. The standard InChI is InChI=1S/C17H20F3N3O5/c1-10(24)21-12-8-26-14-6-23(7-15(14)27-9-12)16(25)22-11-2-4-13(5-3-11)28-17(18,19)20/h2-5,12,14-15H,6-9H2,1H3,(H,21,24)(H,22,25)/t14-,15-/m0/s1. The second kappa shape index (κ2) is 8.23. The molecule has 0 saturated carbocycles. The number of hydrogen-bond acceptors (Lipinski definition) is 5. The van der Waals surface area contributed by atoms with Crippen LogP contribution in [0.15, 0.2) is 24.3 Å². The number of ether oxygens (including phenoxy) is 3. The molecule has 2 fully saturated rings. The van der Waals surface area contributed by atoms with Crippen LogP contribution in [0.25, 0.3) is 0 Å². The number of likely N-dealkylation sites (tertiary alicyclic amines) is 1. The Hall–Kier alpha value is -2.53. The topological polar surface area (TPSA) is 89.1 Å². The number of halogens is 3. The van der Waals surface area contributed by atoms with Crippen LogP contribution in [0, 0.1) is 0 Å². The van der Waals surface area contributed by atoms with Gasteiger partial charge < -0.3 is 29.7 Å². The molecule has 2 aliphatic heterocycles. The lowest BCUT2D eigenvalue weighted by Gasteiger charge is -2.19. The zero-order valence-electron chi connectivity index (χ0n) is 15.0. The third-order valence-electron chi connectivity index (χ3n) is 4.27. The summed E-state index contributed by atoms with van der Waals surface area (Å²) in [6, 6.07) is 4.22. The molecule has 2 atom stereocenters. The van der Waals surface area contributed by atoms with Gasteiger partial charge in [-0.3, -0.25) is 4.79 Å². The van der Waals surface area contributed by atoms with Crippen molar-refractivity contribution in [2.24, 2.45) is 0 Å². The fraction of sp³-hybridized carbons (Fsp3) is 0.529. The third-order valence-corrected chi connectivity index (χ3v) is 4.27. The van der Waals surface area contributed by atoms with E-state index in [4.69, 9.17) is 9.47 Å². The molecule has 0 spiro atoms. The molecule has 8 nitrogen and oxygen atoms in total. The van der Waals surface area contributed by atoms with Gasteiger partial charge in [0, 0.05) is 12.6 Å². The van der Waals surface area contributed by atoms with Crippen LogP contribution in [0.2, 0.25) is 0 Å². The van der Waals surface area contributed by atoms with Gasteiger partial charge in [0.05, 0.1) is 32.3 Å². The highest BCUT2D eigenvalue weighted by atomic mass is 19.4. The van der Waals surface area contributed by atoms with Gasteiger partial charge in [-0.2, -0.15) is 0 Å². The Kier molecular flexibility index (Phi) is 5.94. The summed E-state index contributed by atoms with van der Waals surface area (Å²) in [5.74, 6) is -0.540. The van der Waals surface area contributed by atoms with Gasteiger partial charge in [0.15, 0.2) is 0 Å². The number of amides is 3. The molecule has 0 unspecified atom stereocenters. The van der Waals surface area contributed by atoms with E-state index in [0.29, 0.717) is 18.8 Å². The first-order valence-corrected chi connectivity index (χ1v) is 8.61. The summed E-state index contributed by atoms with van der Waals surface area (Å²) in [7, 11) is 0. The number of alkyl halides is 3. The molecule has 2 aliphatic rings. The van der Waals surface area contributed by atoms with Crippen molar-refractivity contribution in [3.05, 3.63) is 24.3 Å². The highest BCUT2D eigenvalue weighted by Crippen LogP contribution is 2.25. The Morgan fingerprint density at radius 3 is 2.18 bits per heavy atom. The summed E-state index contributed by atoms with van der Waals surface area (Å²) in [4.78, 5) is 25.0. The van der Waals surface area contributed by atoms with E-state index in [9.17, 15) is 22.8 Å². The largest absolute Gasteiger partial charge is 0.573 e. The van der Waals surface area contributed by atoms with Crippen molar-refractivity contribution in [3.8, 4) is 5.75 Å². The zero-order chi connectivity index (χ0) is 20.3. The number of carbonyl (C=O) groups is 2. The van der Waals surface area contributed by atoms with Gasteiger partial charge in [0.25, 0.3) is 0 Å². The average molecular weight is 403 g/mol. The van der Waals surface area contributed by atoms with E-state index < -0.39 is 12.4 Å². The van der Waals surface area contributed by atoms with E-state index in [0.717, 1.165) is 12.1 Å². The van der Waals surface area contributed by atoms with Gasteiger partial charge in [-0.15, -0.1) is 13.2 Å². The van der Waals surface area contributed by atoms with Gasteiger partial charge in [0.2, 0.25) is 5.91 Å². The van der Waals surface area contributed by atoms with Crippen LogP contribution in [0.1, 0.15) is 6.92 Å². The molecule has 154 valence electrons. The van der Waals surface area contributed by atoms with Crippen molar-refractivity contribution in [2.45, 2.75) is 31.5 Å². The summed E-state index contributed by atoms with van der Waals surface area (Å²) in [5, 5.41) is 5.35. The molecule has 1 aromatic rings. The Labute approximate surface area is 158 Å². The number of nitrogens with one attached hydrogen (secondary N) is 2. The molecule has 0 bridgehead atoms. The fourth-order valence-corrected chi connectivity index (χ4v) is 3.07. The third kappa shape index (κ3) is 5.49. The molecule has 2 saturated heterocycles. The first-order valence-electron chi connectivity index (χ1n) is 8.61. The van der Waals surface area contributed by atoms with Crippen molar-refractivity contribution in [1.29, 1.82) is 0 Å². The number of urea groups is 1. The number of anilines is 1. The Morgan fingerprint density at radius 1 is 1.11 bits per heavy atom. The van der Waals surface area contributed by atoms with Crippen LogP contribution in [0.3, 0.4) is 0 Å². The number of fused-ring (bicyclic) bond motifs is 1. The first kappa shape index (κ1) is 20.2. The molecule has 11 heteroatoms. The minimum absolute atomic E-state index is 0.170. The SMILES string of the molecule is CC(=O)NC1CO[C@H]2CN(C(=O)Nc3ccc(OC(F)(F)F)cc3)C[C@@H]2OC1. The Bertz CT molecular complexity index is 697. The predicted octanol–water partition coefficient (Wildman–Crippen LogP) is 1.72. The van der Waals surface area contributed by atoms with Crippen molar-refractivity contribution in [2.75, 3.05) is 31.6 Å². The highest BCUT2D eigenvalue weighted by Gasteiger charge is 2.39. The lowest BCUT2D eigenvalue weighted by Crippen LogP contribution is -2.40. The van der Waals surface area contributed by atoms with E-state index in [2.05, 4.69) is 15.4 Å². The number of nitrogens with zero attached hydrogens (tertiary/aromatic N) is 1. The molecule has 3 rings (SSSR count). The van der Waals surface area contributed by atoms with Crippen LogP contribution in [0.4, 0.5) is 23.7 Å². The summed E-state index contributed by atoms with van der Waals surface area (Å²) in [6.07, 6.45) is -5.40. The molecular weight excluding hydrogens is 383 g/mol. The van der Waals surface area contributed by atoms with E-state index in [1.165, 1.54) is 24.0 Å². The number of rotatable bonds is 3. The summed E-state index contributed by atoms with van der Waals surface area (Å²) in [6.45, 7) is 2.60. The maximum atomic E-state index is 12.4. The molecule has 0 aliphatic carbocycles. The van der Waals surface area contributed by atoms with Gasteiger partial charge in [0.1, 0.15) is 18.0 Å². The highest BCUT2D eigenvalue weighted by molar-refractivity contribution is 5.89. The molecule has 0 radical (unpaired) electrons. The monoisotopic (exact) mass is 403 g/mol. The summed E-state index contributed by atoms with van der Waals surface area (Å²) >= 11 is 0. The van der Waals surface area contributed by atoms with Gasteiger partial charge in [-0.05, 0) is 24.3 Å². The van der Waals surface area contributed by atoms with Crippen molar-refractivity contribution < 1.29 is 37.0 Å². The Balaban J connectivity index is 1.51. The molecule has 3 amide bonds. The average Bonchev–Trinajstić information content (AvgIpc) is 2.92. The first-order chi connectivity index (χ1) is 13.2. The fourth-order valence-electron chi connectivity index (χ4n) is 3.07. The maximum absolute atomic E-state index is 12.4. The van der Waals surface area contributed by atoms with Crippen molar-refractivity contribution in [1.82, 2.24) is 10.2 Å². The summed E-state index contributed by atoms with van der Waals surface area (Å²) in [5.41, 5.74) is 0.333. The number of benzene rings is 1. The number of carbonyl (C=O) groups excluding carboxylic acids is 2. The second-order valence-electron chi connectivity index (χ2n) is 6.55. The van der Waals surface area contributed by atoms with Crippen LogP contribution in [-0.4, -0.2) is 67.8 Å². The van der Waals surface area contributed by atoms with Crippen LogP contribution < -0.4 is 15.4 Å². The van der Waals surface area contributed by atoms with Crippen molar-refractivity contribution >= 4 is 17.6 Å². The lowest BCUT2D eigenvalue weighted by atomic mass is 10.3. The van der Waals surface area contributed by atoms with E-state index in [-0.39, 0.29) is 43.1 Å². The van der Waals surface area contributed by atoms with Gasteiger partial charge in [-0.1, -0.05) is 0 Å². The van der Waals surface area contributed by atoms with E-state index >= 15 is 0 Å². The van der Waals surface area contributed by atoms with Crippen LogP contribution in [0.5, 0.6) is 5.75 Å². The maximum Gasteiger partial charge on any atom is 0.573 e. The normalized spacial score (nSPS) is 22.9. The second-order valence-corrected chi connectivity index (χ2v) is 6.55. The molecule has 2 heterocycles. The minimum Gasteiger partial charge on any atom is -0.406 e. The molecule has 28 heavy (non-hydrogen) atoms. The van der Waals surface area contributed by atoms with Gasteiger partial charge >= 0.3 is 12.4 Å². The number of hydrogen-bond donors (Lipinski definition) is 2. The molecule has 2 N–H and O–H groups in total. The summed E-state index contributed by atoms with van der Waals surface area (Å²) < 4.78 is 51.8. The molecule has 1 aromatic carbocycles. The molecule has 0 aromatic heterocycles. The van der Waals surface area contributed by atoms with Crippen LogP contribution in [-0.2, 0) is 14.3 Å². The minimum atomic E-state index is -4.77. The quantitative estimate of drug-likeness (QED) is 0.802.